The number of hydrogen-bond acceptors (Lipinski definition) is 2. The van der Waals surface area contributed by atoms with Crippen molar-refractivity contribution in [1.29, 1.82) is 0 Å². The van der Waals surface area contributed by atoms with Gasteiger partial charge in [0.25, 0.3) is 0 Å². The largest absolute Gasteiger partial charge is 0.454 e. The van der Waals surface area contributed by atoms with Crippen LogP contribution in [-0.2, 0) is 0 Å². The van der Waals surface area contributed by atoms with E-state index in [2.05, 4.69) is 0 Å². The first-order chi connectivity index (χ1) is 8.97. The lowest BCUT2D eigenvalue weighted by Crippen LogP contribution is -1.95. The van der Waals surface area contributed by atoms with Crippen molar-refractivity contribution in [2.24, 2.45) is 0 Å². The predicted octanol–water partition coefficient (Wildman–Crippen LogP) is 4.27. The number of rotatable bonds is 3. The van der Waals surface area contributed by atoms with Gasteiger partial charge in [0.05, 0.1) is 0 Å². The van der Waals surface area contributed by atoms with Gasteiger partial charge in [-0.25, -0.2) is 8.78 Å². The average Bonchev–Trinajstić information content (AvgIpc) is 2.34. The highest BCUT2D eigenvalue weighted by molar-refractivity contribution is 5.94. The van der Waals surface area contributed by atoms with Gasteiger partial charge >= 0.3 is 0 Å². The van der Waals surface area contributed by atoms with Gasteiger partial charge in [-0.2, -0.15) is 0 Å². The third kappa shape index (κ3) is 2.96. The molecule has 0 fully saturated rings. The Morgan fingerprint density at radius 2 is 1.74 bits per heavy atom. The van der Waals surface area contributed by atoms with Crippen LogP contribution in [0.4, 0.5) is 8.78 Å². The predicted molar refractivity (Wildman–Crippen MR) is 67.6 cm³/mol. The Bertz CT molecular complexity index is 636. The number of Topliss-reactive ketones (excluding diaryl/α,β-unsaturated/α-hetero) is 1. The van der Waals surface area contributed by atoms with E-state index in [9.17, 15) is 13.6 Å². The maximum absolute atomic E-state index is 13.5. The van der Waals surface area contributed by atoms with Crippen LogP contribution in [0.2, 0.25) is 0 Å². The molecule has 0 aliphatic rings. The van der Waals surface area contributed by atoms with Crippen LogP contribution in [0.5, 0.6) is 11.5 Å². The number of benzene rings is 2. The van der Waals surface area contributed by atoms with E-state index in [1.54, 1.807) is 25.1 Å². The fourth-order valence-corrected chi connectivity index (χ4v) is 1.66. The minimum atomic E-state index is -0.768. The van der Waals surface area contributed by atoms with Gasteiger partial charge in [-0.3, -0.25) is 4.79 Å². The van der Waals surface area contributed by atoms with Crippen molar-refractivity contribution in [3.05, 3.63) is 59.2 Å². The number of ether oxygens (including phenoxy) is 1. The Kier molecular flexibility index (Phi) is 3.60. The normalized spacial score (nSPS) is 10.3. The lowest BCUT2D eigenvalue weighted by molar-refractivity contribution is 0.101. The maximum Gasteiger partial charge on any atom is 0.168 e. The van der Waals surface area contributed by atoms with Gasteiger partial charge in [-0.1, -0.05) is 0 Å². The molecule has 0 bridgehead atoms. The van der Waals surface area contributed by atoms with Gasteiger partial charge in [-0.15, -0.1) is 0 Å². The number of carbonyl (C=O) groups excluding carboxylic acids is 1. The van der Waals surface area contributed by atoms with Gasteiger partial charge in [0.2, 0.25) is 0 Å². The van der Waals surface area contributed by atoms with Crippen LogP contribution in [0.15, 0.2) is 36.4 Å². The molecular weight excluding hydrogens is 250 g/mol. The van der Waals surface area contributed by atoms with Crippen molar-refractivity contribution in [1.82, 2.24) is 0 Å². The highest BCUT2D eigenvalue weighted by atomic mass is 19.1. The molecule has 0 atom stereocenters. The zero-order chi connectivity index (χ0) is 14.0. The van der Waals surface area contributed by atoms with Crippen LogP contribution >= 0.6 is 0 Å². The van der Waals surface area contributed by atoms with Crippen molar-refractivity contribution in [3.8, 4) is 11.5 Å². The summed E-state index contributed by atoms with van der Waals surface area (Å²) in [5.74, 6) is -1.11. The SMILES string of the molecule is CC(=O)c1ccc(Oc2ccc(F)cc2F)c(C)c1. The molecule has 0 saturated carbocycles. The number of aryl methyl sites for hydroxylation is 1. The molecule has 98 valence electrons. The lowest BCUT2D eigenvalue weighted by Gasteiger charge is -2.10. The fourth-order valence-electron chi connectivity index (χ4n) is 1.66. The molecule has 19 heavy (non-hydrogen) atoms. The standard InChI is InChI=1S/C15H12F2O2/c1-9-7-11(10(2)18)3-5-14(9)19-15-6-4-12(16)8-13(15)17/h3-8H,1-2H3. The van der Waals surface area contributed by atoms with Gasteiger partial charge in [0, 0.05) is 11.6 Å². The molecule has 2 rings (SSSR count). The molecule has 0 aromatic heterocycles. The van der Waals surface area contributed by atoms with Crippen LogP contribution in [0, 0.1) is 18.6 Å². The summed E-state index contributed by atoms with van der Waals surface area (Å²) in [6, 6.07) is 7.97. The van der Waals surface area contributed by atoms with E-state index in [0.717, 1.165) is 12.1 Å². The molecule has 0 saturated heterocycles. The molecule has 2 nitrogen and oxygen atoms in total. The van der Waals surface area contributed by atoms with E-state index in [-0.39, 0.29) is 11.5 Å². The number of halogens is 2. The summed E-state index contributed by atoms with van der Waals surface area (Å²) in [5, 5.41) is 0. The highest BCUT2D eigenvalue weighted by Gasteiger charge is 2.09. The van der Waals surface area contributed by atoms with Crippen molar-refractivity contribution in [3.63, 3.8) is 0 Å². The number of hydrogen-bond donors (Lipinski definition) is 0. The topological polar surface area (TPSA) is 26.3 Å². The Balaban J connectivity index is 2.31. The summed E-state index contributed by atoms with van der Waals surface area (Å²) in [6.07, 6.45) is 0. The molecule has 2 aromatic carbocycles. The van der Waals surface area contributed by atoms with Crippen molar-refractivity contribution < 1.29 is 18.3 Å². The minimum Gasteiger partial charge on any atom is -0.454 e. The van der Waals surface area contributed by atoms with Gasteiger partial charge < -0.3 is 4.74 Å². The fraction of sp³-hybridized carbons (Fsp3) is 0.133. The van der Waals surface area contributed by atoms with Crippen LogP contribution in [-0.4, -0.2) is 5.78 Å². The van der Waals surface area contributed by atoms with E-state index in [1.165, 1.54) is 13.0 Å². The Morgan fingerprint density at radius 3 is 2.32 bits per heavy atom. The zero-order valence-corrected chi connectivity index (χ0v) is 10.5. The molecule has 0 N–H and O–H groups in total. The Hall–Kier alpha value is -2.23. The van der Waals surface area contributed by atoms with E-state index >= 15 is 0 Å². The number of ketones is 1. The van der Waals surface area contributed by atoms with Crippen LogP contribution < -0.4 is 4.74 Å². The summed E-state index contributed by atoms with van der Waals surface area (Å²) < 4.78 is 31.6. The first kappa shape index (κ1) is 13.2. The lowest BCUT2D eigenvalue weighted by atomic mass is 10.1. The molecule has 4 heteroatoms. The summed E-state index contributed by atoms with van der Waals surface area (Å²) in [6.45, 7) is 3.22. The molecule has 0 radical (unpaired) electrons. The first-order valence-corrected chi connectivity index (χ1v) is 5.72. The highest BCUT2D eigenvalue weighted by Crippen LogP contribution is 2.28. The Labute approximate surface area is 109 Å². The minimum absolute atomic E-state index is 0.0531. The van der Waals surface area contributed by atoms with E-state index in [1.807, 2.05) is 0 Å². The first-order valence-electron chi connectivity index (χ1n) is 5.72. The second kappa shape index (κ2) is 5.18. The van der Waals surface area contributed by atoms with Gasteiger partial charge in [0.1, 0.15) is 11.6 Å². The Morgan fingerprint density at radius 1 is 1.05 bits per heavy atom. The smallest absolute Gasteiger partial charge is 0.168 e. The monoisotopic (exact) mass is 262 g/mol. The summed E-state index contributed by atoms with van der Waals surface area (Å²) in [4.78, 5) is 11.2. The second-order valence-electron chi connectivity index (χ2n) is 4.21. The number of carbonyl (C=O) groups is 1. The molecule has 0 aliphatic heterocycles. The summed E-state index contributed by atoms with van der Waals surface area (Å²) in [7, 11) is 0. The summed E-state index contributed by atoms with van der Waals surface area (Å²) in [5.41, 5.74) is 1.26. The van der Waals surface area contributed by atoms with E-state index in [4.69, 9.17) is 4.74 Å². The quantitative estimate of drug-likeness (QED) is 0.772. The molecule has 0 amide bonds. The molecular formula is C15H12F2O2. The van der Waals surface area contributed by atoms with Crippen LogP contribution in [0.1, 0.15) is 22.8 Å². The zero-order valence-electron chi connectivity index (χ0n) is 10.5. The van der Waals surface area contributed by atoms with Crippen LogP contribution in [0.3, 0.4) is 0 Å². The summed E-state index contributed by atoms with van der Waals surface area (Å²) >= 11 is 0. The van der Waals surface area contributed by atoms with E-state index in [0.29, 0.717) is 16.9 Å². The van der Waals surface area contributed by atoms with Crippen molar-refractivity contribution in [2.75, 3.05) is 0 Å². The second-order valence-corrected chi connectivity index (χ2v) is 4.21. The molecule has 2 aromatic rings. The van der Waals surface area contributed by atoms with E-state index < -0.39 is 11.6 Å². The van der Waals surface area contributed by atoms with Crippen LogP contribution in [0.25, 0.3) is 0 Å². The maximum atomic E-state index is 13.5. The van der Waals surface area contributed by atoms with Crippen molar-refractivity contribution in [2.45, 2.75) is 13.8 Å². The molecule has 0 heterocycles. The third-order valence-electron chi connectivity index (χ3n) is 2.70. The average molecular weight is 262 g/mol. The van der Waals surface area contributed by atoms with Crippen molar-refractivity contribution >= 4 is 5.78 Å². The van der Waals surface area contributed by atoms with Gasteiger partial charge in [0.15, 0.2) is 17.3 Å². The third-order valence-corrected chi connectivity index (χ3v) is 2.70. The molecule has 0 spiro atoms. The molecule has 0 aliphatic carbocycles. The molecule has 0 unspecified atom stereocenters. The van der Waals surface area contributed by atoms with Gasteiger partial charge in [-0.05, 0) is 49.7 Å².